The second kappa shape index (κ2) is 5.72. The largest absolute Gasteiger partial charge is 0.417 e. The number of hydrogen-bond donors (Lipinski definition) is 0. The zero-order chi connectivity index (χ0) is 15.9. The fraction of sp³-hybridized carbons (Fsp3) is 0.0769. The number of aromatic nitrogens is 4. The van der Waals surface area contributed by atoms with Crippen LogP contribution < -0.4 is 4.74 Å². The van der Waals surface area contributed by atoms with Gasteiger partial charge >= 0.3 is 5.97 Å². The number of fused-ring (bicyclic) bond motifs is 1. The molecule has 3 aromatic rings. The molecule has 0 aliphatic rings. The fourth-order valence-corrected chi connectivity index (χ4v) is 2.65. The number of halogens is 3. The Kier molecular flexibility index (Phi) is 3.90. The maximum atomic E-state index is 12.1. The Balaban J connectivity index is 1.95. The van der Waals surface area contributed by atoms with Crippen molar-refractivity contribution in [3.05, 3.63) is 51.0 Å². The molecular weight excluding hydrogens is 351 g/mol. The molecule has 0 atom stereocenters. The second-order valence-electron chi connectivity index (χ2n) is 4.32. The van der Waals surface area contributed by atoms with Gasteiger partial charge in [-0.05, 0) is 25.1 Å². The van der Waals surface area contributed by atoms with Crippen molar-refractivity contribution < 1.29 is 9.53 Å². The van der Waals surface area contributed by atoms with Gasteiger partial charge in [0.25, 0.3) is 11.6 Å². The molecule has 0 aliphatic heterocycles. The molecule has 0 saturated carbocycles. The fourth-order valence-electron chi connectivity index (χ4n) is 1.76. The predicted molar refractivity (Wildman–Crippen MR) is 81.9 cm³/mol. The molecule has 3 rings (SSSR count). The van der Waals surface area contributed by atoms with Gasteiger partial charge in [-0.1, -0.05) is 34.8 Å². The summed E-state index contributed by atoms with van der Waals surface area (Å²) in [7, 11) is 0. The van der Waals surface area contributed by atoms with E-state index in [4.69, 9.17) is 39.5 Å². The SMILES string of the molecule is Cc1ccnc2nc(C(=O)Oc3c(Cl)cc(Cl)cc3Cl)nn12. The highest BCUT2D eigenvalue weighted by Gasteiger charge is 2.20. The third kappa shape index (κ3) is 2.72. The van der Waals surface area contributed by atoms with Crippen LogP contribution in [0.15, 0.2) is 24.4 Å². The average molecular weight is 358 g/mol. The summed E-state index contributed by atoms with van der Waals surface area (Å²) in [4.78, 5) is 20.2. The Labute approximate surface area is 139 Å². The molecule has 0 N–H and O–H groups in total. The lowest BCUT2D eigenvalue weighted by molar-refractivity contribution is 0.0722. The molecule has 0 spiro atoms. The van der Waals surface area contributed by atoms with Crippen LogP contribution in [0.3, 0.4) is 0 Å². The molecule has 0 fully saturated rings. The molecule has 112 valence electrons. The number of carbonyl (C=O) groups is 1. The van der Waals surface area contributed by atoms with Crippen molar-refractivity contribution in [1.82, 2.24) is 19.6 Å². The van der Waals surface area contributed by atoms with E-state index < -0.39 is 5.97 Å². The van der Waals surface area contributed by atoms with Crippen molar-refractivity contribution in [3.8, 4) is 5.75 Å². The minimum Gasteiger partial charge on any atom is -0.417 e. The average Bonchev–Trinajstić information content (AvgIpc) is 2.88. The quantitative estimate of drug-likeness (QED) is 0.517. The topological polar surface area (TPSA) is 69.4 Å². The van der Waals surface area contributed by atoms with Crippen molar-refractivity contribution in [2.45, 2.75) is 6.92 Å². The van der Waals surface area contributed by atoms with Crippen molar-refractivity contribution in [2.24, 2.45) is 0 Å². The van der Waals surface area contributed by atoms with Crippen LogP contribution in [0.5, 0.6) is 5.75 Å². The van der Waals surface area contributed by atoms with E-state index in [1.165, 1.54) is 16.6 Å². The maximum absolute atomic E-state index is 12.1. The number of benzene rings is 1. The van der Waals surface area contributed by atoms with E-state index in [1.54, 1.807) is 12.3 Å². The summed E-state index contributed by atoms with van der Waals surface area (Å²) in [5.74, 6) is -0.651. The van der Waals surface area contributed by atoms with E-state index in [1.807, 2.05) is 6.92 Å². The lowest BCUT2D eigenvalue weighted by Crippen LogP contribution is -2.11. The number of rotatable bonds is 2. The summed E-state index contributed by atoms with van der Waals surface area (Å²) in [6.45, 7) is 1.81. The monoisotopic (exact) mass is 356 g/mol. The molecular formula is C13H7Cl3N4O2. The van der Waals surface area contributed by atoms with Gasteiger partial charge in [0, 0.05) is 16.9 Å². The van der Waals surface area contributed by atoms with Crippen LogP contribution in [0.4, 0.5) is 0 Å². The van der Waals surface area contributed by atoms with Crippen molar-refractivity contribution >= 4 is 46.5 Å². The highest BCUT2D eigenvalue weighted by molar-refractivity contribution is 6.40. The summed E-state index contributed by atoms with van der Waals surface area (Å²) in [6, 6.07) is 4.57. The Hall–Kier alpha value is -1.89. The van der Waals surface area contributed by atoms with Crippen LogP contribution in [0.2, 0.25) is 15.1 Å². The molecule has 0 radical (unpaired) electrons. The first-order chi connectivity index (χ1) is 10.5. The summed E-state index contributed by atoms with van der Waals surface area (Å²) < 4.78 is 6.59. The van der Waals surface area contributed by atoms with E-state index in [0.29, 0.717) is 10.8 Å². The molecule has 22 heavy (non-hydrogen) atoms. The zero-order valence-electron chi connectivity index (χ0n) is 11.0. The molecule has 0 amide bonds. The molecule has 2 heterocycles. The van der Waals surface area contributed by atoms with E-state index >= 15 is 0 Å². The van der Waals surface area contributed by atoms with E-state index in [0.717, 1.165) is 5.69 Å². The van der Waals surface area contributed by atoms with Gasteiger partial charge in [0.15, 0.2) is 5.75 Å². The smallest absolute Gasteiger partial charge is 0.383 e. The van der Waals surface area contributed by atoms with E-state index in [2.05, 4.69) is 15.1 Å². The molecule has 0 unspecified atom stereocenters. The lowest BCUT2D eigenvalue weighted by Gasteiger charge is -2.06. The number of ether oxygens (including phenoxy) is 1. The molecule has 9 heteroatoms. The number of hydrogen-bond acceptors (Lipinski definition) is 5. The highest BCUT2D eigenvalue weighted by atomic mass is 35.5. The summed E-state index contributed by atoms with van der Waals surface area (Å²) in [5, 5.41) is 4.60. The van der Waals surface area contributed by atoms with Gasteiger partial charge in [0.1, 0.15) is 0 Å². The molecule has 6 nitrogen and oxygen atoms in total. The predicted octanol–water partition coefficient (Wildman–Crippen LogP) is 3.61. The van der Waals surface area contributed by atoms with Gasteiger partial charge in [-0.3, -0.25) is 0 Å². The molecule has 0 bridgehead atoms. The summed E-state index contributed by atoms with van der Waals surface area (Å²) in [5.41, 5.74) is 0.777. The van der Waals surface area contributed by atoms with Crippen LogP contribution in [0.25, 0.3) is 5.78 Å². The summed E-state index contributed by atoms with van der Waals surface area (Å²) >= 11 is 17.7. The van der Waals surface area contributed by atoms with E-state index in [-0.39, 0.29) is 21.6 Å². The van der Waals surface area contributed by atoms with Gasteiger partial charge in [-0.2, -0.15) is 4.98 Å². The van der Waals surface area contributed by atoms with Gasteiger partial charge < -0.3 is 4.74 Å². The maximum Gasteiger partial charge on any atom is 0.383 e. The van der Waals surface area contributed by atoms with Gasteiger partial charge in [-0.25, -0.2) is 14.3 Å². The third-order valence-corrected chi connectivity index (χ3v) is 3.55. The minimum absolute atomic E-state index is 0.00118. The third-order valence-electron chi connectivity index (χ3n) is 2.77. The number of nitrogens with zero attached hydrogens (tertiary/aromatic N) is 4. The molecule has 0 saturated heterocycles. The van der Waals surface area contributed by atoms with Crippen LogP contribution in [-0.2, 0) is 0 Å². The first-order valence-corrected chi connectivity index (χ1v) is 7.14. The van der Waals surface area contributed by atoms with Crippen molar-refractivity contribution in [1.29, 1.82) is 0 Å². The van der Waals surface area contributed by atoms with Gasteiger partial charge in [0.05, 0.1) is 10.0 Å². The van der Waals surface area contributed by atoms with Gasteiger partial charge in [0.2, 0.25) is 0 Å². The van der Waals surface area contributed by atoms with Crippen LogP contribution in [-0.4, -0.2) is 25.6 Å². The van der Waals surface area contributed by atoms with Crippen molar-refractivity contribution in [2.75, 3.05) is 0 Å². The molecule has 1 aromatic carbocycles. The van der Waals surface area contributed by atoms with Crippen molar-refractivity contribution in [3.63, 3.8) is 0 Å². The second-order valence-corrected chi connectivity index (χ2v) is 5.57. The standard InChI is InChI=1S/C13H7Cl3N4O2/c1-6-2-3-17-13-18-11(19-20(6)13)12(21)22-10-8(15)4-7(14)5-9(10)16/h2-5H,1H3. The van der Waals surface area contributed by atoms with Crippen LogP contribution in [0.1, 0.15) is 16.3 Å². The Morgan fingerprint density at radius 3 is 2.55 bits per heavy atom. The van der Waals surface area contributed by atoms with E-state index in [9.17, 15) is 4.79 Å². The van der Waals surface area contributed by atoms with Crippen LogP contribution >= 0.6 is 34.8 Å². The van der Waals surface area contributed by atoms with Crippen LogP contribution in [0, 0.1) is 6.92 Å². The number of aryl methyl sites for hydroxylation is 1. The first kappa shape index (κ1) is 15.0. The zero-order valence-corrected chi connectivity index (χ0v) is 13.3. The minimum atomic E-state index is -0.795. The number of carbonyl (C=O) groups excluding carboxylic acids is 1. The Morgan fingerprint density at radius 1 is 1.23 bits per heavy atom. The normalized spacial score (nSPS) is 10.9. The number of esters is 1. The Bertz CT molecular complexity index is 871. The van der Waals surface area contributed by atoms with Gasteiger partial charge in [-0.15, -0.1) is 5.10 Å². The molecule has 0 aliphatic carbocycles. The molecule has 2 aromatic heterocycles. The Morgan fingerprint density at radius 2 is 1.91 bits per heavy atom. The first-order valence-electron chi connectivity index (χ1n) is 6.01. The highest BCUT2D eigenvalue weighted by Crippen LogP contribution is 2.36. The lowest BCUT2D eigenvalue weighted by atomic mass is 10.3. The summed E-state index contributed by atoms with van der Waals surface area (Å²) in [6.07, 6.45) is 1.57.